The molecule has 0 aromatic heterocycles. The number of nitrogens with zero attached hydrogens (tertiary/aromatic N) is 3. The first-order valence-electron chi connectivity index (χ1n) is 8.93. The monoisotopic (exact) mass is 331 g/mol. The molecule has 1 atom stereocenters. The lowest BCUT2D eigenvalue weighted by Gasteiger charge is -2.47. The van der Waals surface area contributed by atoms with Crippen molar-refractivity contribution in [1.82, 2.24) is 14.7 Å². The van der Waals surface area contributed by atoms with E-state index in [1.807, 2.05) is 17.0 Å². The van der Waals surface area contributed by atoms with E-state index in [9.17, 15) is 4.79 Å². The number of methoxy groups -OCH3 is 1. The van der Waals surface area contributed by atoms with Gasteiger partial charge in [0.2, 0.25) is 5.91 Å². The number of carbonyl (C=O) groups excluding carboxylic acids is 1. The molecule has 1 unspecified atom stereocenters. The van der Waals surface area contributed by atoms with Crippen LogP contribution in [0.15, 0.2) is 24.3 Å². The highest BCUT2D eigenvalue weighted by molar-refractivity contribution is 5.73. The molecular formula is C19H29N3O2. The van der Waals surface area contributed by atoms with Crippen molar-refractivity contribution in [1.29, 1.82) is 0 Å². The van der Waals surface area contributed by atoms with Gasteiger partial charge in [0.1, 0.15) is 5.75 Å². The van der Waals surface area contributed by atoms with Crippen molar-refractivity contribution in [2.75, 3.05) is 46.9 Å². The van der Waals surface area contributed by atoms with E-state index in [0.29, 0.717) is 6.04 Å². The van der Waals surface area contributed by atoms with Crippen LogP contribution in [0.3, 0.4) is 0 Å². The minimum absolute atomic E-state index is 0.165. The fourth-order valence-electron chi connectivity index (χ4n) is 4.07. The second-order valence-corrected chi connectivity index (χ2v) is 7.00. The molecule has 2 saturated heterocycles. The summed E-state index contributed by atoms with van der Waals surface area (Å²) in [7, 11) is 3.92. The molecule has 0 bridgehead atoms. The Balaban J connectivity index is 1.87. The van der Waals surface area contributed by atoms with Crippen molar-refractivity contribution in [2.45, 2.75) is 31.8 Å². The first-order valence-corrected chi connectivity index (χ1v) is 8.93. The lowest BCUT2D eigenvalue weighted by molar-refractivity contribution is -0.132. The normalized spacial score (nSPS) is 24.1. The molecule has 2 fully saturated rings. The fraction of sp³-hybridized carbons (Fsp3) is 0.632. The molecule has 2 heterocycles. The average Bonchev–Trinajstić information content (AvgIpc) is 2.62. The van der Waals surface area contributed by atoms with Crippen molar-refractivity contribution in [3.05, 3.63) is 29.8 Å². The highest BCUT2D eigenvalue weighted by atomic mass is 16.5. The van der Waals surface area contributed by atoms with Crippen LogP contribution < -0.4 is 4.74 Å². The summed E-state index contributed by atoms with van der Waals surface area (Å²) < 4.78 is 5.61. The van der Waals surface area contributed by atoms with Gasteiger partial charge in [-0.15, -0.1) is 0 Å². The van der Waals surface area contributed by atoms with E-state index < -0.39 is 0 Å². The van der Waals surface area contributed by atoms with Crippen molar-refractivity contribution in [3.63, 3.8) is 0 Å². The Morgan fingerprint density at radius 1 is 1.12 bits per heavy atom. The predicted octanol–water partition coefficient (Wildman–Crippen LogP) is 1.99. The number of ether oxygens (including phenoxy) is 1. The number of likely N-dealkylation sites (tertiary alicyclic amines) is 1. The van der Waals surface area contributed by atoms with Crippen molar-refractivity contribution in [2.24, 2.45) is 0 Å². The number of hydrogen-bond acceptors (Lipinski definition) is 4. The Hall–Kier alpha value is -1.59. The Labute approximate surface area is 145 Å². The van der Waals surface area contributed by atoms with Gasteiger partial charge in [0.25, 0.3) is 0 Å². The van der Waals surface area contributed by atoms with E-state index in [-0.39, 0.29) is 11.9 Å². The van der Waals surface area contributed by atoms with E-state index in [0.717, 1.165) is 38.5 Å². The number of amides is 1. The van der Waals surface area contributed by atoms with Crippen LogP contribution in [0.1, 0.15) is 31.4 Å². The number of benzene rings is 1. The van der Waals surface area contributed by atoms with Gasteiger partial charge in [0, 0.05) is 38.2 Å². The Morgan fingerprint density at radius 3 is 2.50 bits per heavy atom. The zero-order valence-electron chi connectivity index (χ0n) is 15.1. The van der Waals surface area contributed by atoms with Crippen LogP contribution in [0.4, 0.5) is 0 Å². The minimum Gasteiger partial charge on any atom is -0.496 e. The molecule has 1 aromatic rings. The third-order valence-corrected chi connectivity index (χ3v) is 5.52. The van der Waals surface area contributed by atoms with E-state index in [1.165, 1.54) is 18.4 Å². The molecule has 0 aliphatic carbocycles. The Morgan fingerprint density at radius 2 is 1.83 bits per heavy atom. The van der Waals surface area contributed by atoms with E-state index in [4.69, 9.17) is 4.74 Å². The number of rotatable bonds is 3. The number of piperidine rings is 1. The fourth-order valence-corrected chi connectivity index (χ4v) is 4.07. The maximum Gasteiger partial charge on any atom is 0.219 e. The third kappa shape index (κ3) is 3.57. The van der Waals surface area contributed by atoms with E-state index in [2.05, 4.69) is 29.0 Å². The van der Waals surface area contributed by atoms with E-state index in [1.54, 1.807) is 14.0 Å². The standard InChI is InChI=1S/C19H29N3O2/c1-15(23)21-12-13-22(16-8-10-20(2)11-9-16)18(14-21)17-6-4-5-7-19(17)24-3/h4-7,16,18H,8-14H2,1-3H3. The molecular weight excluding hydrogens is 302 g/mol. The zero-order valence-corrected chi connectivity index (χ0v) is 15.1. The highest BCUT2D eigenvalue weighted by Crippen LogP contribution is 2.35. The summed E-state index contributed by atoms with van der Waals surface area (Å²) in [5.74, 6) is 1.09. The van der Waals surface area contributed by atoms with Crippen molar-refractivity contribution >= 4 is 5.91 Å². The number of hydrogen-bond donors (Lipinski definition) is 0. The lowest BCUT2D eigenvalue weighted by atomic mass is 9.95. The lowest BCUT2D eigenvalue weighted by Crippen LogP contribution is -2.55. The van der Waals surface area contributed by atoms with Crippen LogP contribution in [0.2, 0.25) is 0 Å². The summed E-state index contributed by atoms with van der Waals surface area (Å²) in [6.45, 7) is 6.49. The second kappa shape index (κ2) is 7.53. The van der Waals surface area contributed by atoms with Crippen LogP contribution in [0.5, 0.6) is 5.75 Å². The largest absolute Gasteiger partial charge is 0.496 e. The second-order valence-electron chi connectivity index (χ2n) is 7.00. The molecule has 5 heteroatoms. The number of piperazine rings is 1. The van der Waals surface area contributed by atoms with Gasteiger partial charge in [0.15, 0.2) is 0 Å². The van der Waals surface area contributed by atoms with Gasteiger partial charge in [-0.1, -0.05) is 18.2 Å². The van der Waals surface area contributed by atoms with Crippen LogP contribution in [0.25, 0.3) is 0 Å². The predicted molar refractivity (Wildman–Crippen MR) is 95.2 cm³/mol. The van der Waals surface area contributed by atoms with Gasteiger partial charge >= 0.3 is 0 Å². The Bertz CT molecular complexity index is 569. The van der Waals surface area contributed by atoms with Crippen LogP contribution in [-0.2, 0) is 4.79 Å². The molecule has 0 spiro atoms. The average molecular weight is 331 g/mol. The molecule has 1 aromatic carbocycles. The molecule has 132 valence electrons. The molecule has 24 heavy (non-hydrogen) atoms. The smallest absolute Gasteiger partial charge is 0.219 e. The summed E-state index contributed by atoms with van der Waals surface area (Å²) in [5.41, 5.74) is 1.20. The molecule has 2 aliphatic rings. The highest BCUT2D eigenvalue weighted by Gasteiger charge is 2.36. The maximum absolute atomic E-state index is 11.9. The van der Waals surface area contributed by atoms with Gasteiger partial charge in [-0.3, -0.25) is 9.69 Å². The first-order chi connectivity index (χ1) is 11.6. The summed E-state index contributed by atoms with van der Waals surface area (Å²) in [4.78, 5) is 18.9. The zero-order chi connectivity index (χ0) is 17.1. The molecule has 0 saturated carbocycles. The summed E-state index contributed by atoms with van der Waals surface area (Å²) >= 11 is 0. The van der Waals surface area contributed by atoms with E-state index >= 15 is 0 Å². The van der Waals surface area contributed by atoms with Gasteiger partial charge in [-0.25, -0.2) is 0 Å². The third-order valence-electron chi connectivity index (χ3n) is 5.52. The number of para-hydroxylation sites is 1. The summed E-state index contributed by atoms with van der Waals surface area (Å²) in [6.07, 6.45) is 2.39. The minimum atomic E-state index is 0.165. The van der Waals surface area contributed by atoms with Gasteiger partial charge in [-0.2, -0.15) is 0 Å². The van der Waals surface area contributed by atoms with Gasteiger partial charge < -0.3 is 14.5 Å². The maximum atomic E-state index is 11.9. The van der Waals surface area contributed by atoms with Crippen LogP contribution >= 0.6 is 0 Å². The van der Waals surface area contributed by atoms with Gasteiger partial charge in [-0.05, 0) is 39.0 Å². The summed E-state index contributed by atoms with van der Waals surface area (Å²) in [6, 6.07) is 9.05. The Kier molecular flexibility index (Phi) is 5.41. The molecule has 3 rings (SSSR count). The first kappa shape index (κ1) is 17.2. The van der Waals surface area contributed by atoms with Gasteiger partial charge in [0.05, 0.1) is 13.2 Å². The molecule has 2 aliphatic heterocycles. The topological polar surface area (TPSA) is 36.0 Å². The molecule has 5 nitrogen and oxygen atoms in total. The van der Waals surface area contributed by atoms with Crippen molar-refractivity contribution in [3.8, 4) is 5.75 Å². The quantitative estimate of drug-likeness (QED) is 0.849. The van der Waals surface area contributed by atoms with Crippen LogP contribution in [0, 0.1) is 0 Å². The van der Waals surface area contributed by atoms with Crippen molar-refractivity contribution < 1.29 is 9.53 Å². The SMILES string of the molecule is COc1ccccc1C1CN(C(C)=O)CCN1C1CCN(C)CC1. The molecule has 0 N–H and O–H groups in total. The van der Waals surface area contributed by atoms with Crippen LogP contribution in [-0.4, -0.2) is 73.5 Å². The molecule has 0 radical (unpaired) electrons. The number of carbonyl (C=O) groups is 1. The summed E-state index contributed by atoms with van der Waals surface area (Å²) in [5, 5.41) is 0. The molecule has 1 amide bonds.